The van der Waals surface area contributed by atoms with Gasteiger partial charge in [-0.15, -0.1) is 0 Å². The van der Waals surface area contributed by atoms with Gasteiger partial charge in [0.15, 0.2) is 0 Å². The Balaban J connectivity index is 1.77. The first-order valence-electron chi connectivity index (χ1n) is 7.88. The number of hydroxylamine groups is 1. The normalized spacial score (nSPS) is 11.9. The second-order valence-electron chi connectivity index (χ2n) is 5.66. The molecule has 0 atom stereocenters. The van der Waals surface area contributed by atoms with Gasteiger partial charge in [-0.3, -0.25) is 10.0 Å². The van der Waals surface area contributed by atoms with Crippen LogP contribution in [0.4, 0.5) is 18.9 Å². The molecule has 9 heteroatoms. The first kappa shape index (κ1) is 18.5. The Morgan fingerprint density at radius 2 is 2.00 bits per heavy atom. The summed E-state index contributed by atoms with van der Waals surface area (Å²) in [5.41, 5.74) is 2.88. The third-order valence-corrected chi connectivity index (χ3v) is 3.79. The maximum absolute atomic E-state index is 12.8. The van der Waals surface area contributed by atoms with Gasteiger partial charge in [0, 0.05) is 11.8 Å². The number of amides is 1. The number of imidazole rings is 1. The molecule has 1 amide bonds. The van der Waals surface area contributed by atoms with E-state index < -0.39 is 17.6 Å². The summed E-state index contributed by atoms with van der Waals surface area (Å²) in [5, 5.41) is 11.6. The largest absolute Gasteiger partial charge is 0.416 e. The van der Waals surface area contributed by atoms with E-state index in [1.807, 2.05) is 0 Å². The number of hydrogen-bond donors (Lipinski definition) is 4. The molecule has 0 radical (unpaired) electrons. The smallest absolute Gasteiger partial charge is 0.377 e. The molecule has 0 fully saturated rings. The van der Waals surface area contributed by atoms with Crippen molar-refractivity contribution in [2.75, 3.05) is 5.32 Å². The van der Waals surface area contributed by atoms with Crippen LogP contribution >= 0.6 is 0 Å². The summed E-state index contributed by atoms with van der Waals surface area (Å²) in [6.45, 7) is 0.243. The number of aromatic nitrogens is 2. The van der Waals surface area contributed by atoms with Crippen molar-refractivity contribution in [3.63, 3.8) is 0 Å². The van der Waals surface area contributed by atoms with Crippen molar-refractivity contribution in [2.45, 2.75) is 12.7 Å². The van der Waals surface area contributed by atoms with Crippen LogP contribution in [0, 0.1) is 0 Å². The number of alkyl halides is 3. The minimum atomic E-state index is -4.41. The molecule has 0 aliphatic carbocycles. The number of carbonyl (C=O) groups excluding carboxylic acids is 1. The van der Waals surface area contributed by atoms with E-state index in [9.17, 15) is 18.0 Å². The van der Waals surface area contributed by atoms with Crippen molar-refractivity contribution < 1.29 is 23.2 Å². The molecular formula is C18H15F3N4O2. The quantitative estimate of drug-likeness (QED) is 0.310. The Morgan fingerprint density at radius 3 is 2.74 bits per heavy atom. The molecule has 0 spiro atoms. The molecule has 2 aromatic carbocycles. The predicted molar refractivity (Wildman–Crippen MR) is 93.8 cm³/mol. The molecule has 1 aromatic heterocycles. The number of nitrogens with one attached hydrogen (secondary N) is 3. The maximum Gasteiger partial charge on any atom is 0.416 e. The first-order chi connectivity index (χ1) is 12.9. The summed E-state index contributed by atoms with van der Waals surface area (Å²) >= 11 is 0. The minimum absolute atomic E-state index is 0.243. The second-order valence-corrected chi connectivity index (χ2v) is 5.66. The summed E-state index contributed by atoms with van der Waals surface area (Å²) in [7, 11) is 0. The van der Waals surface area contributed by atoms with Crippen molar-refractivity contribution >= 4 is 28.7 Å². The van der Waals surface area contributed by atoms with Crippen LogP contribution in [-0.4, -0.2) is 21.1 Å². The summed E-state index contributed by atoms with van der Waals surface area (Å²) in [6, 6.07) is 10.4. The number of carbonyl (C=O) groups is 1. The van der Waals surface area contributed by atoms with Gasteiger partial charge >= 0.3 is 6.18 Å². The van der Waals surface area contributed by atoms with Gasteiger partial charge in [0.1, 0.15) is 5.82 Å². The predicted octanol–water partition coefficient (Wildman–Crippen LogP) is 3.71. The zero-order chi connectivity index (χ0) is 19.4. The van der Waals surface area contributed by atoms with Gasteiger partial charge in [-0.1, -0.05) is 18.2 Å². The highest BCUT2D eigenvalue weighted by Crippen LogP contribution is 2.31. The number of para-hydroxylation sites is 1. The average Bonchev–Trinajstić information content (AvgIpc) is 3.06. The zero-order valence-electron chi connectivity index (χ0n) is 13.8. The first-order valence-corrected chi connectivity index (χ1v) is 7.88. The molecule has 0 aliphatic rings. The molecule has 3 rings (SSSR count). The number of rotatable bonds is 5. The highest BCUT2D eigenvalue weighted by molar-refractivity contribution is 5.91. The number of anilines is 1. The van der Waals surface area contributed by atoms with Gasteiger partial charge < -0.3 is 10.3 Å². The topological polar surface area (TPSA) is 90.0 Å². The second kappa shape index (κ2) is 7.50. The van der Waals surface area contributed by atoms with Crippen LogP contribution < -0.4 is 10.8 Å². The Labute approximate surface area is 151 Å². The molecule has 0 bridgehead atoms. The van der Waals surface area contributed by atoms with Crippen LogP contribution in [0.5, 0.6) is 0 Å². The standard InChI is InChI=1S/C18H15F3N4O2/c19-18(20,21)12-6-7-14-15(9-12)24-16(23-14)10-22-13-4-2-1-3-11(13)5-8-17(26)25-27/h1-9,22,27H,10H2,(H,23,24)(H,25,26). The number of aromatic amines is 1. The highest BCUT2D eigenvalue weighted by Gasteiger charge is 2.30. The SMILES string of the molecule is O=C(C=Cc1ccccc1NCc1nc2ccc(C(F)(F)F)cc2[nH]1)NO. The van der Waals surface area contributed by atoms with E-state index in [1.54, 1.807) is 24.3 Å². The molecule has 0 aliphatic heterocycles. The summed E-state index contributed by atoms with van der Waals surface area (Å²) in [6.07, 6.45) is -1.73. The Kier molecular flexibility index (Phi) is 5.13. The minimum Gasteiger partial charge on any atom is -0.377 e. The molecule has 0 unspecified atom stereocenters. The summed E-state index contributed by atoms with van der Waals surface area (Å²) < 4.78 is 38.4. The van der Waals surface area contributed by atoms with E-state index in [4.69, 9.17) is 5.21 Å². The Morgan fingerprint density at radius 1 is 1.22 bits per heavy atom. The van der Waals surface area contributed by atoms with E-state index in [1.165, 1.54) is 23.7 Å². The molecule has 0 saturated heterocycles. The Bertz CT molecular complexity index is 996. The summed E-state index contributed by atoms with van der Waals surface area (Å²) in [4.78, 5) is 18.2. The fraction of sp³-hybridized carbons (Fsp3) is 0.111. The van der Waals surface area contributed by atoms with E-state index in [0.29, 0.717) is 28.1 Å². The van der Waals surface area contributed by atoms with Crippen molar-refractivity contribution in [1.29, 1.82) is 0 Å². The molecule has 27 heavy (non-hydrogen) atoms. The lowest BCUT2D eigenvalue weighted by Crippen LogP contribution is -2.14. The molecule has 1 heterocycles. The molecule has 140 valence electrons. The van der Waals surface area contributed by atoms with Crippen molar-refractivity contribution in [1.82, 2.24) is 15.4 Å². The number of benzene rings is 2. The molecular weight excluding hydrogens is 361 g/mol. The monoisotopic (exact) mass is 376 g/mol. The third kappa shape index (κ3) is 4.45. The lowest BCUT2D eigenvalue weighted by atomic mass is 10.1. The van der Waals surface area contributed by atoms with Gasteiger partial charge in [0.05, 0.1) is 23.1 Å². The number of nitrogens with zero attached hydrogens (tertiary/aromatic N) is 1. The van der Waals surface area contributed by atoms with Crippen LogP contribution in [0.1, 0.15) is 17.0 Å². The van der Waals surface area contributed by atoms with E-state index in [2.05, 4.69) is 15.3 Å². The van der Waals surface area contributed by atoms with Crippen LogP contribution in [0.3, 0.4) is 0 Å². The fourth-order valence-electron chi connectivity index (χ4n) is 2.51. The van der Waals surface area contributed by atoms with Crippen molar-refractivity contribution in [2.24, 2.45) is 0 Å². The van der Waals surface area contributed by atoms with Crippen molar-refractivity contribution in [3.8, 4) is 0 Å². The van der Waals surface area contributed by atoms with Gasteiger partial charge in [-0.05, 0) is 35.9 Å². The van der Waals surface area contributed by atoms with E-state index in [-0.39, 0.29) is 6.54 Å². The van der Waals surface area contributed by atoms with Crippen molar-refractivity contribution in [3.05, 3.63) is 65.5 Å². The summed E-state index contributed by atoms with van der Waals surface area (Å²) in [5.74, 6) is -0.196. The average molecular weight is 376 g/mol. The fourth-order valence-corrected chi connectivity index (χ4v) is 2.51. The molecule has 0 saturated carbocycles. The number of halogens is 3. The highest BCUT2D eigenvalue weighted by atomic mass is 19.4. The van der Waals surface area contributed by atoms with Crippen LogP contribution in [0.15, 0.2) is 48.5 Å². The van der Waals surface area contributed by atoms with Gasteiger partial charge in [-0.25, -0.2) is 10.5 Å². The zero-order valence-corrected chi connectivity index (χ0v) is 13.8. The number of hydrogen-bond acceptors (Lipinski definition) is 4. The van der Waals surface area contributed by atoms with Gasteiger partial charge in [0.2, 0.25) is 0 Å². The Hall–Kier alpha value is -3.33. The lowest BCUT2D eigenvalue weighted by Gasteiger charge is -2.08. The molecule has 4 N–H and O–H groups in total. The maximum atomic E-state index is 12.8. The lowest BCUT2D eigenvalue weighted by molar-refractivity contribution is -0.137. The van der Waals surface area contributed by atoms with E-state index >= 15 is 0 Å². The van der Waals surface area contributed by atoms with Gasteiger partial charge in [0.25, 0.3) is 5.91 Å². The van der Waals surface area contributed by atoms with Crippen LogP contribution in [0.25, 0.3) is 17.1 Å². The third-order valence-electron chi connectivity index (χ3n) is 3.79. The van der Waals surface area contributed by atoms with Crippen LogP contribution in [-0.2, 0) is 17.5 Å². The van der Waals surface area contributed by atoms with Crippen LogP contribution in [0.2, 0.25) is 0 Å². The molecule has 6 nitrogen and oxygen atoms in total. The van der Waals surface area contributed by atoms with E-state index in [0.717, 1.165) is 12.1 Å². The number of fused-ring (bicyclic) bond motifs is 1. The van der Waals surface area contributed by atoms with Gasteiger partial charge in [-0.2, -0.15) is 13.2 Å². The number of H-pyrrole nitrogens is 1. The molecule has 3 aromatic rings.